The molecule has 24 heavy (non-hydrogen) atoms. The van der Waals surface area contributed by atoms with Crippen LogP contribution in [-0.4, -0.2) is 50.5 Å². The fraction of sp³-hybridized carbons (Fsp3) is 0.588. The Morgan fingerprint density at radius 2 is 2.25 bits per heavy atom. The van der Waals surface area contributed by atoms with Crippen LogP contribution in [0.3, 0.4) is 0 Å². The number of hydrogen-bond donors (Lipinski definition) is 1. The molecule has 0 saturated carbocycles. The lowest BCUT2D eigenvalue weighted by Crippen LogP contribution is -2.43. The molecule has 0 aliphatic carbocycles. The summed E-state index contributed by atoms with van der Waals surface area (Å²) in [6, 6.07) is 1.99. The van der Waals surface area contributed by atoms with Crippen molar-refractivity contribution in [3.63, 3.8) is 0 Å². The maximum atomic E-state index is 12.7. The number of amides is 1. The van der Waals surface area contributed by atoms with E-state index in [1.54, 1.807) is 6.20 Å². The van der Waals surface area contributed by atoms with Crippen molar-refractivity contribution in [1.29, 1.82) is 0 Å². The van der Waals surface area contributed by atoms with Crippen molar-refractivity contribution in [3.05, 3.63) is 34.9 Å². The lowest BCUT2D eigenvalue weighted by atomic mass is 10.1. The first-order valence-corrected chi connectivity index (χ1v) is 8.44. The van der Waals surface area contributed by atoms with E-state index in [4.69, 9.17) is 4.74 Å². The first-order chi connectivity index (χ1) is 11.6. The van der Waals surface area contributed by atoms with Gasteiger partial charge in [-0.2, -0.15) is 10.2 Å². The summed E-state index contributed by atoms with van der Waals surface area (Å²) < 4.78 is 7.55. The van der Waals surface area contributed by atoms with Gasteiger partial charge < -0.3 is 9.64 Å². The molecule has 0 bridgehead atoms. The van der Waals surface area contributed by atoms with Gasteiger partial charge in [-0.3, -0.25) is 14.6 Å². The van der Waals surface area contributed by atoms with Crippen molar-refractivity contribution in [2.75, 3.05) is 19.8 Å². The normalized spacial score (nSPS) is 18.1. The second-order valence-corrected chi connectivity index (χ2v) is 6.40. The minimum absolute atomic E-state index is 0.0672. The highest BCUT2D eigenvalue weighted by Gasteiger charge is 2.30. The zero-order chi connectivity index (χ0) is 17.1. The molecule has 2 aromatic rings. The Labute approximate surface area is 142 Å². The van der Waals surface area contributed by atoms with Crippen LogP contribution in [0.25, 0.3) is 0 Å². The number of ether oxygens (including phenoxy) is 1. The number of aryl methyl sites for hydroxylation is 4. The zero-order valence-electron chi connectivity index (χ0n) is 14.6. The van der Waals surface area contributed by atoms with Gasteiger partial charge in [0.05, 0.1) is 36.8 Å². The van der Waals surface area contributed by atoms with E-state index in [-0.39, 0.29) is 11.9 Å². The molecule has 1 fully saturated rings. The maximum Gasteiger partial charge on any atom is 0.223 e. The predicted octanol–water partition coefficient (Wildman–Crippen LogP) is 1.91. The van der Waals surface area contributed by atoms with Crippen LogP contribution in [-0.2, 0) is 16.1 Å². The number of carbonyl (C=O) groups excluding carboxylic acids is 1. The van der Waals surface area contributed by atoms with Gasteiger partial charge in [0.15, 0.2) is 0 Å². The van der Waals surface area contributed by atoms with E-state index in [0.29, 0.717) is 26.2 Å². The lowest BCUT2D eigenvalue weighted by Gasteiger charge is -2.35. The van der Waals surface area contributed by atoms with Gasteiger partial charge in [0.25, 0.3) is 0 Å². The molecule has 7 nitrogen and oxygen atoms in total. The zero-order valence-corrected chi connectivity index (χ0v) is 14.6. The topological polar surface area (TPSA) is 76.0 Å². The number of nitrogens with one attached hydrogen (secondary N) is 1. The number of carbonyl (C=O) groups is 1. The number of aromatic amines is 1. The Kier molecular flexibility index (Phi) is 4.99. The molecule has 1 aliphatic rings. The van der Waals surface area contributed by atoms with Crippen molar-refractivity contribution < 1.29 is 9.53 Å². The molecule has 7 heteroatoms. The predicted molar refractivity (Wildman–Crippen MR) is 89.5 cm³/mol. The largest absolute Gasteiger partial charge is 0.377 e. The second kappa shape index (κ2) is 7.17. The average Bonchev–Trinajstić information content (AvgIpc) is 3.12. The first-order valence-electron chi connectivity index (χ1n) is 8.44. The van der Waals surface area contributed by atoms with E-state index < -0.39 is 0 Å². The Balaban J connectivity index is 1.60. The molecular formula is C17H25N5O2. The van der Waals surface area contributed by atoms with Crippen molar-refractivity contribution in [3.8, 4) is 0 Å². The highest BCUT2D eigenvalue weighted by atomic mass is 16.5. The van der Waals surface area contributed by atoms with Gasteiger partial charge in [0.1, 0.15) is 0 Å². The van der Waals surface area contributed by atoms with Gasteiger partial charge in [-0.25, -0.2) is 0 Å². The molecule has 0 aromatic carbocycles. The first kappa shape index (κ1) is 16.7. The maximum absolute atomic E-state index is 12.7. The Hall–Kier alpha value is -2.15. The van der Waals surface area contributed by atoms with Crippen LogP contribution in [0.1, 0.15) is 41.5 Å². The van der Waals surface area contributed by atoms with E-state index in [1.807, 2.05) is 30.4 Å². The second-order valence-electron chi connectivity index (χ2n) is 6.40. The molecule has 1 saturated heterocycles. The molecule has 1 N–H and O–H groups in total. The minimum Gasteiger partial charge on any atom is -0.377 e. The van der Waals surface area contributed by atoms with Crippen LogP contribution in [0, 0.1) is 20.8 Å². The quantitative estimate of drug-likeness (QED) is 0.908. The van der Waals surface area contributed by atoms with Crippen molar-refractivity contribution >= 4 is 5.91 Å². The number of nitrogens with zero attached hydrogens (tertiary/aromatic N) is 4. The van der Waals surface area contributed by atoms with E-state index in [9.17, 15) is 4.79 Å². The third-order valence-corrected chi connectivity index (χ3v) is 4.51. The van der Waals surface area contributed by atoms with Gasteiger partial charge >= 0.3 is 0 Å². The molecule has 1 amide bonds. The molecular weight excluding hydrogens is 306 g/mol. The molecule has 3 rings (SSSR count). The standard InChI is InChI=1S/C17H25N5O2/c1-12-10-18-19-17(12)15-11-24-8-7-21(15)16(23)5-4-6-22-14(3)9-13(2)20-22/h9-10,15H,4-8,11H2,1-3H3,(H,18,19)/t15-/m0/s1. The van der Waals surface area contributed by atoms with Crippen LogP contribution in [0.4, 0.5) is 0 Å². The van der Waals surface area contributed by atoms with Gasteiger partial charge in [0.2, 0.25) is 5.91 Å². The van der Waals surface area contributed by atoms with Crippen molar-refractivity contribution in [2.24, 2.45) is 0 Å². The van der Waals surface area contributed by atoms with Gasteiger partial charge in [0, 0.05) is 25.2 Å². The summed E-state index contributed by atoms with van der Waals surface area (Å²) in [5.41, 5.74) is 4.19. The van der Waals surface area contributed by atoms with E-state index >= 15 is 0 Å². The van der Waals surface area contributed by atoms with Crippen LogP contribution in [0.2, 0.25) is 0 Å². The molecule has 0 unspecified atom stereocenters. The lowest BCUT2D eigenvalue weighted by molar-refractivity contribution is -0.140. The summed E-state index contributed by atoms with van der Waals surface area (Å²) in [6.45, 7) is 8.53. The summed E-state index contributed by atoms with van der Waals surface area (Å²) in [6.07, 6.45) is 3.09. The highest BCUT2D eigenvalue weighted by molar-refractivity contribution is 5.76. The fourth-order valence-corrected chi connectivity index (χ4v) is 3.26. The van der Waals surface area contributed by atoms with E-state index in [0.717, 1.165) is 35.6 Å². The molecule has 2 aromatic heterocycles. The Morgan fingerprint density at radius 1 is 1.42 bits per heavy atom. The van der Waals surface area contributed by atoms with Crippen LogP contribution < -0.4 is 0 Å². The molecule has 0 radical (unpaired) electrons. The highest BCUT2D eigenvalue weighted by Crippen LogP contribution is 2.25. The van der Waals surface area contributed by atoms with Gasteiger partial charge in [-0.1, -0.05) is 0 Å². The summed E-state index contributed by atoms with van der Waals surface area (Å²) in [5, 5.41) is 11.5. The number of morpholine rings is 1. The van der Waals surface area contributed by atoms with Gasteiger partial charge in [-0.15, -0.1) is 0 Å². The fourth-order valence-electron chi connectivity index (χ4n) is 3.26. The Morgan fingerprint density at radius 3 is 2.92 bits per heavy atom. The van der Waals surface area contributed by atoms with E-state index in [2.05, 4.69) is 21.4 Å². The molecule has 1 aliphatic heterocycles. The van der Waals surface area contributed by atoms with Crippen LogP contribution >= 0.6 is 0 Å². The summed E-state index contributed by atoms with van der Waals surface area (Å²) in [5.74, 6) is 0.166. The van der Waals surface area contributed by atoms with Crippen molar-refractivity contribution in [1.82, 2.24) is 24.9 Å². The molecule has 130 valence electrons. The summed E-state index contributed by atoms with van der Waals surface area (Å²) in [4.78, 5) is 14.6. The summed E-state index contributed by atoms with van der Waals surface area (Å²) in [7, 11) is 0. The number of aromatic nitrogens is 4. The summed E-state index contributed by atoms with van der Waals surface area (Å²) >= 11 is 0. The van der Waals surface area contributed by atoms with Crippen molar-refractivity contribution in [2.45, 2.75) is 46.2 Å². The average molecular weight is 331 g/mol. The molecule has 3 heterocycles. The number of rotatable bonds is 5. The minimum atomic E-state index is -0.0672. The Bertz CT molecular complexity index is 706. The smallest absolute Gasteiger partial charge is 0.223 e. The van der Waals surface area contributed by atoms with Crippen LogP contribution in [0.5, 0.6) is 0 Å². The third-order valence-electron chi connectivity index (χ3n) is 4.51. The molecule has 1 atom stereocenters. The third kappa shape index (κ3) is 3.51. The van der Waals surface area contributed by atoms with E-state index in [1.165, 1.54) is 0 Å². The SMILES string of the molecule is Cc1cc(C)n(CCCC(=O)N2CCOC[C@H]2c2[nH]ncc2C)n1. The monoisotopic (exact) mass is 331 g/mol. The van der Waals surface area contributed by atoms with Gasteiger partial charge in [-0.05, 0) is 38.8 Å². The number of H-pyrrole nitrogens is 1. The molecule has 0 spiro atoms. The number of hydrogen-bond acceptors (Lipinski definition) is 4. The van der Waals surface area contributed by atoms with Crippen LogP contribution in [0.15, 0.2) is 12.3 Å².